The number of benzene rings is 1. The third-order valence-corrected chi connectivity index (χ3v) is 3.66. The molecule has 0 heterocycles. The summed E-state index contributed by atoms with van der Waals surface area (Å²) in [5.41, 5.74) is 1.89. The monoisotopic (exact) mass is 262 g/mol. The Morgan fingerprint density at radius 1 is 1.11 bits per heavy atom. The molecule has 0 amide bonds. The van der Waals surface area contributed by atoms with Gasteiger partial charge in [-0.25, -0.2) is 0 Å². The average molecular weight is 262 g/mol. The number of hydrogen-bond acceptors (Lipinski definition) is 3. The van der Waals surface area contributed by atoms with Crippen molar-refractivity contribution in [3.05, 3.63) is 35.4 Å². The standard InChI is InChI=1S/C16H22O3/c1-18-14-11-7-10-13(16(14)19-2)15(17)12-8-5-3-4-6-9-12/h7-8,10-11,15,17H,3-6,9H2,1-2H3. The van der Waals surface area contributed by atoms with Crippen molar-refractivity contribution in [2.75, 3.05) is 14.2 Å². The smallest absolute Gasteiger partial charge is 0.166 e. The highest BCUT2D eigenvalue weighted by atomic mass is 16.5. The summed E-state index contributed by atoms with van der Waals surface area (Å²) in [4.78, 5) is 0. The molecule has 3 nitrogen and oxygen atoms in total. The largest absolute Gasteiger partial charge is 0.493 e. The van der Waals surface area contributed by atoms with E-state index in [2.05, 4.69) is 6.08 Å². The molecule has 0 spiro atoms. The van der Waals surface area contributed by atoms with E-state index in [0.29, 0.717) is 11.5 Å². The van der Waals surface area contributed by atoms with Gasteiger partial charge in [0.25, 0.3) is 0 Å². The van der Waals surface area contributed by atoms with Crippen molar-refractivity contribution in [3.8, 4) is 11.5 Å². The van der Waals surface area contributed by atoms with Crippen LogP contribution >= 0.6 is 0 Å². The van der Waals surface area contributed by atoms with E-state index in [9.17, 15) is 5.11 Å². The molecule has 3 heteroatoms. The summed E-state index contributed by atoms with van der Waals surface area (Å²) in [6, 6.07) is 5.63. The van der Waals surface area contributed by atoms with Crippen molar-refractivity contribution in [1.82, 2.24) is 0 Å². The van der Waals surface area contributed by atoms with Gasteiger partial charge in [-0.05, 0) is 37.3 Å². The van der Waals surface area contributed by atoms with Gasteiger partial charge >= 0.3 is 0 Å². The summed E-state index contributed by atoms with van der Waals surface area (Å²) in [5.74, 6) is 1.29. The molecule has 2 rings (SSSR count). The van der Waals surface area contributed by atoms with Gasteiger partial charge in [-0.2, -0.15) is 0 Å². The predicted octanol–water partition coefficient (Wildman–Crippen LogP) is 3.63. The number of ether oxygens (including phenoxy) is 2. The predicted molar refractivity (Wildman–Crippen MR) is 75.7 cm³/mol. The second kappa shape index (κ2) is 6.62. The molecule has 0 aliphatic heterocycles. The minimum atomic E-state index is -0.594. The number of hydrogen-bond donors (Lipinski definition) is 1. The fourth-order valence-corrected chi connectivity index (χ4v) is 2.62. The lowest BCUT2D eigenvalue weighted by molar-refractivity contribution is 0.204. The van der Waals surface area contributed by atoms with Crippen molar-refractivity contribution in [2.24, 2.45) is 0 Å². The highest BCUT2D eigenvalue weighted by Crippen LogP contribution is 2.38. The topological polar surface area (TPSA) is 38.7 Å². The second-order valence-corrected chi connectivity index (χ2v) is 4.86. The highest BCUT2D eigenvalue weighted by Gasteiger charge is 2.20. The number of methoxy groups -OCH3 is 2. The third kappa shape index (κ3) is 3.10. The van der Waals surface area contributed by atoms with Crippen molar-refractivity contribution >= 4 is 0 Å². The van der Waals surface area contributed by atoms with Gasteiger partial charge in [-0.1, -0.05) is 24.6 Å². The maximum atomic E-state index is 10.6. The first-order valence-corrected chi connectivity index (χ1v) is 6.85. The van der Waals surface area contributed by atoms with Crippen LogP contribution < -0.4 is 9.47 Å². The van der Waals surface area contributed by atoms with E-state index < -0.39 is 6.10 Å². The van der Waals surface area contributed by atoms with Crippen LogP contribution in [0.15, 0.2) is 29.8 Å². The second-order valence-electron chi connectivity index (χ2n) is 4.86. The molecule has 0 fully saturated rings. The average Bonchev–Trinajstić information content (AvgIpc) is 2.74. The lowest BCUT2D eigenvalue weighted by atomic mass is 9.97. The number of aliphatic hydroxyl groups excluding tert-OH is 1. The molecule has 104 valence electrons. The van der Waals surface area contributed by atoms with E-state index in [-0.39, 0.29) is 0 Å². The van der Waals surface area contributed by atoms with Crippen LogP contribution in [0.5, 0.6) is 11.5 Å². The van der Waals surface area contributed by atoms with E-state index >= 15 is 0 Å². The lowest BCUT2D eigenvalue weighted by Gasteiger charge is -2.19. The van der Waals surface area contributed by atoms with Gasteiger partial charge < -0.3 is 14.6 Å². The number of aliphatic hydroxyl groups is 1. The number of rotatable bonds is 4. The van der Waals surface area contributed by atoms with Crippen LogP contribution in [-0.2, 0) is 0 Å². The Kier molecular flexibility index (Phi) is 4.86. The molecule has 1 aromatic rings. The Labute approximate surface area is 114 Å². The van der Waals surface area contributed by atoms with E-state index in [1.807, 2.05) is 18.2 Å². The van der Waals surface area contributed by atoms with Crippen LogP contribution in [0.2, 0.25) is 0 Å². The third-order valence-electron chi connectivity index (χ3n) is 3.66. The molecule has 0 aromatic heterocycles. The van der Waals surface area contributed by atoms with Gasteiger partial charge in [0.2, 0.25) is 0 Å². The molecular formula is C16H22O3. The Hall–Kier alpha value is -1.48. The van der Waals surface area contributed by atoms with Crippen LogP contribution in [0.25, 0.3) is 0 Å². The molecule has 1 aromatic carbocycles. The normalized spacial score (nSPS) is 17.3. The summed E-state index contributed by atoms with van der Waals surface area (Å²) in [7, 11) is 3.22. The molecule has 1 unspecified atom stereocenters. The Bertz CT molecular complexity index is 451. The fraction of sp³-hybridized carbons (Fsp3) is 0.500. The fourth-order valence-electron chi connectivity index (χ4n) is 2.62. The zero-order valence-corrected chi connectivity index (χ0v) is 11.7. The number of allylic oxidation sites excluding steroid dienone is 1. The van der Waals surface area contributed by atoms with Crippen LogP contribution in [0.3, 0.4) is 0 Å². The minimum Gasteiger partial charge on any atom is -0.493 e. The first-order chi connectivity index (χ1) is 9.27. The summed E-state index contributed by atoms with van der Waals surface area (Å²) in [6.45, 7) is 0. The van der Waals surface area contributed by atoms with Crippen molar-refractivity contribution < 1.29 is 14.6 Å². The van der Waals surface area contributed by atoms with E-state index in [1.165, 1.54) is 12.8 Å². The summed E-state index contributed by atoms with van der Waals surface area (Å²) < 4.78 is 10.7. The Morgan fingerprint density at radius 2 is 1.95 bits per heavy atom. The quantitative estimate of drug-likeness (QED) is 0.842. The van der Waals surface area contributed by atoms with Crippen LogP contribution in [-0.4, -0.2) is 19.3 Å². The van der Waals surface area contributed by atoms with Gasteiger partial charge in [0.15, 0.2) is 11.5 Å². The van der Waals surface area contributed by atoms with Crippen LogP contribution in [0.1, 0.15) is 43.8 Å². The van der Waals surface area contributed by atoms with Crippen LogP contribution in [0, 0.1) is 0 Å². The molecule has 19 heavy (non-hydrogen) atoms. The first kappa shape index (κ1) is 13.9. The Balaban J connectivity index is 2.32. The summed E-state index contributed by atoms with van der Waals surface area (Å²) in [5, 5.41) is 10.6. The zero-order valence-electron chi connectivity index (χ0n) is 11.7. The molecule has 0 saturated heterocycles. The molecule has 0 bridgehead atoms. The molecule has 1 aliphatic carbocycles. The van der Waals surface area contributed by atoms with Gasteiger partial charge in [-0.15, -0.1) is 0 Å². The Morgan fingerprint density at radius 3 is 2.68 bits per heavy atom. The van der Waals surface area contributed by atoms with Crippen LogP contribution in [0.4, 0.5) is 0 Å². The molecule has 1 aliphatic rings. The molecule has 0 saturated carbocycles. The zero-order chi connectivity index (χ0) is 13.7. The van der Waals surface area contributed by atoms with Gasteiger partial charge in [0.05, 0.1) is 14.2 Å². The SMILES string of the molecule is COc1cccc(C(O)C2=CCCCCC2)c1OC. The maximum absolute atomic E-state index is 10.6. The highest BCUT2D eigenvalue weighted by molar-refractivity contribution is 5.49. The molecular weight excluding hydrogens is 240 g/mol. The molecule has 1 N–H and O–H groups in total. The maximum Gasteiger partial charge on any atom is 0.166 e. The van der Waals surface area contributed by atoms with E-state index in [0.717, 1.165) is 30.4 Å². The summed E-state index contributed by atoms with van der Waals surface area (Å²) in [6.07, 6.45) is 7.20. The van der Waals surface area contributed by atoms with Gasteiger partial charge in [0, 0.05) is 5.56 Å². The van der Waals surface area contributed by atoms with E-state index in [4.69, 9.17) is 9.47 Å². The van der Waals surface area contributed by atoms with Gasteiger partial charge in [0.1, 0.15) is 6.10 Å². The summed E-state index contributed by atoms with van der Waals surface area (Å²) >= 11 is 0. The van der Waals surface area contributed by atoms with Gasteiger partial charge in [-0.3, -0.25) is 0 Å². The first-order valence-electron chi connectivity index (χ1n) is 6.85. The van der Waals surface area contributed by atoms with Crippen molar-refractivity contribution in [2.45, 2.75) is 38.2 Å². The lowest BCUT2D eigenvalue weighted by Crippen LogP contribution is -2.05. The molecule has 1 atom stereocenters. The minimum absolute atomic E-state index is 0.594. The van der Waals surface area contributed by atoms with Crippen molar-refractivity contribution in [1.29, 1.82) is 0 Å². The number of para-hydroxylation sites is 1. The van der Waals surface area contributed by atoms with E-state index in [1.54, 1.807) is 14.2 Å². The molecule has 0 radical (unpaired) electrons. The van der Waals surface area contributed by atoms with Crippen molar-refractivity contribution in [3.63, 3.8) is 0 Å².